The molecule has 0 radical (unpaired) electrons. The Morgan fingerprint density at radius 3 is 2.86 bits per heavy atom. The number of halogens is 1. The second kappa shape index (κ2) is 10.6. The van der Waals surface area contributed by atoms with Crippen LogP contribution < -0.4 is 10.2 Å². The second-order valence-electron chi connectivity index (χ2n) is 7.38. The van der Waals surface area contributed by atoms with E-state index in [1.165, 1.54) is 5.56 Å². The van der Waals surface area contributed by atoms with Crippen LogP contribution in [0.15, 0.2) is 42.0 Å². The average Bonchev–Trinajstić information content (AvgIpc) is 3.20. The van der Waals surface area contributed by atoms with Crippen molar-refractivity contribution < 1.29 is 0 Å². The van der Waals surface area contributed by atoms with Crippen LogP contribution in [0.1, 0.15) is 31.9 Å². The topological polar surface area (TPSA) is 61.6 Å². The highest BCUT2D eigenvalue weighted by atomic mass is 127. The number of piperidine rings is 1. The highest BCUT2D eigenvalue weighted by molar-refractivity contribution is 14.0. The summed E-state index contributed by atoms with van der Waals surface area (Å²) >= 11 is 0. The second-order valence-corrected chi connectivity index (χ2v) is 7.38. The summed E-state index contributed by atoms with van der Waals surface area (Å²) in [5, 5.41) is 3.47. The number of nitrogens with one attached hydrogen (secondary N) is 1. The number of likely N-dealkylation sites (tertiary alicyclic amines) is 1. The summed E-state index contributed by atoms with van der Waals surface area (Å²) in [6.45, 7) is 7.92. The molecule has 0 saturated carbocycles. The van der Waals surface area contributed by atoms with Crippen LogP contribution in [0.2, 0.25) is 0 Å². The quantitative estimate of drug-likeness (QED) is 0.391. The number of pyridine rings is 1. The van der Waals surface area contributed by atoms with Crippen molar-refractivity contribution in [2.45, 2.75) is 32.9 Å². The maximum absolute atomic E-state index is 4.91. The Labute approximate surface area is 185 Å². The number of guanidine groups is 1. The van der Waals surface area contributed by atoms with Crippen LogP contribution in [-0.4, -0.2) is 59.1 Å². The molecule has 0 bridgehead atoms. The molecule has 28 heavy (non-hydrogen) atoms. The fraction of sp³-hybridized carbons (Fsp3) is 0.550. The fourth-order valence-corrected chi connectivity index (χ4v) is 3.49. The van der Waals surface area contributed by atoms with Gasteiger partial charge < -0.3 is 19.7 Å². The van der Waals surface area contributed by atoms with Gasteiger partial charge in [-0.3, -0.25) is 0 Å². The molecule has 7 nitrogen and oxygen atoms in total. The van der Waals surface area contributed by atoms with Gasteiger partial charge in [-0.05, 0) is 37.0 Å². The lowest BCUT2D eigenvalue weighted by Gasteiger charge is -2.39. The zero-order valence-electron chi connectivity index (χ0n) is 17.2. The lowest BCUT2D eigenvalue weighted by atomic mass is 9.93. The van der Waals surface area contributed by atoms with E-state index in [1.807, 2.05) is 43.8 Å². The number of aromatic nitrogens is 3. The van der Waals surface area contributed by atoms with Crippen molar-refractivity contribution in [2.75, 3.05) is 38.6 Å². The smallest absolute Gasteiger partial charge is 0.194 e. The Morgan fingerprint density at radius 1 is 1.36 bits per heavy atom. The highest BCUT2D eigenvalue weighted by Crippen LogP contribution is 2.27. The Kier molecular flexibility index (Phi) is 8.53. The molecule has 3 rings (SSSR count). The van der Waals surface area contributed by atoms with Gasteiger partial charge in [-0.15, -0.1) is 24.0 Å². The molecular weight excluding hydrogens is 465 g/mol. The van der Waals surface area contributed by atoms with Gasteiger partial charge in [-0.1, -0.05) is 6.92 Å². The van der Waals surface area contributed by atoms with Gasteiger partial charge in [0.25, 0.3) is 0 Å². The molecule has 2 aromatic heterocycles. The van der Waals surface area contributed by atoms with Crippen LogP contribution in [0, 0.1) is 5.92 Å². The molecule has 154 valence electrons. The lowest BCUT2D eigenvalue weighted by molar-refractivity contribution is 0.189. The van der Waals surface area contributed by atoms with Crippen molar-refractivity contribution in [1.82, 2.24) is 24.8 Å². The van der Waals surface area contributed by atoms with E-state index < -0.39 is 0 Å². The van der Waals surface area contributed by atoms with Crippen LogP contribution in [0.4, 0.5) is 5.82 Å². The van der Waals surface area contributed by atoms with Gasteiger partial charge in [0.1, 0.15) is 5.82 Å². The third-order valence-corrected chi connectivity index (χ3v) is 5.14. The first-order chi connectivity index (χ1) is 13.1. The Hall–Kier alpha value is -1.84. The molecule has 8 heteroatoms. The third-order valence-electron chi connectivity index (χ3n) is 5.14. The molecule has 0 aromatic carbocycles. The van der Waals surface area contributed by atoms with Crippen LogP contribution in [0.5, 0.6) is 0 Å². The molecule has 1 saturated heterocycles. The Bertz CT molecular complexity index is 745. The number of imidazole rings is 1. The molecule has 1 N–H and O–H groups in total. The van der Waals surface area contributed by atoms with Gasteiger partial charge in [0.2, 0.25) is 0 Å². The van der Waals surface area contributed by atoms with E-state index in [2.05, 4.69) is 50.9 Å². The molecule has 2 unspecified atom stereocenters. The van der Waals surface area contributed by atoms with Crippen molar-refractivity contribution in [3.63, 3.8) is 0 Å². The van der Waals surface area contributed by atoms with Crippen LogP contribution in [0.3, 0.4) is 0 Å². The molecule has 2 aromatic rings. The summed E-state index contributed by atoms with van der Waals surface area (Å²) < 4.78 is 2.23. The van der Waals surface area contributed by atoms with Crippen LogP contribution in [0.25, 0.3) is 0 Å². The zero-order chi connectivity index (χ0) is 19.2. The maximum Gasteiger partial charge on any atom is 0.194 e. The minimum Gasteiger partial charge on any atom is -0.363 e. The number of nitrogens with zero attached hydrogens (tertiary/aromatic N) is 6. The predicted octanol–water partition coefficient (Wildman–Crippen LogP) is 3.01. The van der Waals surface area contributed by atoms with Crippen LogP contribution in [-0.2, 0) is 6.54 Å². The number of hydrogen-bond acceptors (Lipinski definition) is 4. The molecule has 0 spiro atoms. The van der Waals surface area contributed by atoms with E-state index in [0.717, 1.165) is 37.8 Å². The molecular formula is C20H32IN7. The van der Waals surface area contributed by atoms with E-state index in [9.17, 15) is 0 Å². The van der Waals surface area contributed by atoms with Gasteiger partial charge in [0, 0.05) is 52.3 Å². The number of anilines is 1. The standard InChI is InChI=1S/C20H31N7.HI/c1-5-22-20(24-13-17-6-8-23-19(12-17)25(3)4)26-10-7-16(2)18(14-26)27-11-9-21-15-27;/h6,8-9,11-12,15-16,18H,5,7,10,13-14H2,1-4H3,(H,22,24);1H. The van der Waals surface area contributed by atoms with Crippen LogP contribution >= 0.6 is 24.0 Å². The van der Waals surface area contributed by atoms with Gasteiger partial charge in [-0.25, -0.2) is 15.0 Å². The molecule has 1 aliphatic rings. The first kappa shape index (κ1) is 22.4. The van der Waals surface area contributed by atoms with Gasteiger partial charge in [0.15, 0.2) is 5.96 Å². The van der Waals surface area contributed by atoms with E-state index in [4.69, 9.17) is 4.99 Å². The van der Waals surface area contributed by atoms with Crippen molar-refractivity contribution in [1.29, 1.82) is 0 Å². The normalized spacial score (nSPS) is 19.9. The Balaban J connectivity index is 0.00000280. The fourth-order valence-electron chi connectivity index (χ4n) is 3.49. The summed E-state index contributed by atoms with van der Waals surface area (Å²) in [6, 6.07) is 4.55. The first-order valence-corrected chi connectivity index (χ1v) is 9.71. The van der Waals surface area contributed by atoms with E-state index >= 15 is 0 Å². The lowest BCUT2D eigenvalue weighted by Crippen LogP contribution is -2.49. The number of hydrogen-bond donors (Lipinski definition) is 1. The van der Waals surface area contributed by atoms with Gasteiger partial charge in [0.05, 0.1) is 18.9 Å². The highest BCUT2D eigenvalue weighted by Gasteiger charge is 2.28. The molecule has 1 fully saturated rings. The Morgan fingerprint density at radius 2 is 2.18 bits per heavy atom. The van der Waals surface area contributed by atoms with E-state index in [-0.39, 0.29) is 24.0 Å². The summed E-state index contributed by atoms with van der Waals surface area (Å²) in [6.07, 6.45) is 8.84. The first-order valence-electron chi connectivity index (χ1n) is 9.71. The molecule has 2 atom stereocenters. The largest absolute Gasteiger partial charge is 0.363 e. The maximum atomic E-state index is 4.91. The average molecular weight is 497 g/mol. The molecule has 0 amide bonds. The number of rotatable bonds is 5. The monoisotopic (exact) mass is 497 g/mol. The minimum atomic E-state index is 0. The minimum absolute atomic E-state index is 0. The summed E-state index contributed by atoms with van der Waals surface area (Å²) in [5.41, 5.74) is 1.17. The van der Waals surface area contributed by atoms with E-state index in [0.29, 0.717) is 18.5 Å². The van der Waals surface area contributed by atoms with Crippen molar-refractivity contribution in [2.24, 2.45) is 10.9 Å². The molecule has 3 heterocycles. The van der Waals surface area contributed by atoms with Crippen molar-refractivity contribution in [3.05, 3.63) is 42.6 Å². The summed E-state index contributed by atoms with van der Waals surface area (Å²) in [4.78, 5) is 17.9. The van der Waals surface area contributed by atoms with Gasteiger partial charge in [-0.2, -0.15) is 0 Å². The number of aliphatic imine (C=N–C) groups is 1. The molecule has 0 aliphatic carbocycles. The summed E-state index contributed by atoms with van der Waals surface area (Å²) in [5.74, 6) is 2.57. The van der Waals surface area contributed by atoms with Gasteiger partial charge >= 0.3 is 0 Å². The van der Waals surface area contributed by atoms with Crippen molar-refractivity contribution in [3.8, 4) is 0 Å². The van der Waals surface area contributed by atoms with E-state index in [1.54, 1.807) is 0 Å². The molecule has 1 aliphatic heterocycles. The van der Waals surface area contributed by atoms with Crippen molar-refractivity contribution >= 4 is 35.8 Å². The zero-order valence-corrected chi connectivity index (χ0v) is 19.6. The SMILES string of the molecule is CCNC(=NCc1ccnc(N(C)C)c1)N1CCC(C)C(n2ccnc2)C1.I. The summed E-state index contributed by atoms with van der Waals surface area (Å²) in [7, 11) is 4.01. The third kappa shape index (κ3) is 5.59. The predicted molar refractivity (Wildman–Crippen MR) is 125 cm³/mol.